The van der Waals surface area contributed by atoms with Crippen molar-refractivity contribution in [2.75, 3.05) is 19.8 Å². The molecule has 0 aliphatic rings. The van der Waals surface area contributed by atoms with E-state index < -0.39 is 7.60 Å². The minimum Gasteiger partial charge on any atom is -0.490 e. The lowest BCUT2D eigenvalue weighted by Crippen LogP contribution is -2.18. The standard InChI is InChI=1S/C48H91O6P/c1-8-11-14-17-20-23-26-29-32-35-38-50-46-41-45(55(49,53-43(4)5)54-44(6)7)42-47(51-39-36-33-30-27-24-21-18-15-12-9-2)48(46)52-40-37-34-31-28-25-22-19-16-13-10-3/h41-44H,8-40H2,1-7H3. The summed E-state index contributed by atoms with van der Waals surface area (Å²) in [5.41, 5.74) is 0. The van der Waals surface area contributed by atoms with Crippen molar-refractivity contribution in [2.45, 2.75) is 253 Å². The first-order valence-electron chi connectivity index (χ1n) is 23.8. The molecule has 0 fully saturated rings. The first-order chi connectivity index (χ1) is 26.8. The van der Waals surface area contributed by atoms with Gasteiger partial charge in [-0.1, -0.05) is 194 Å². The highest BCUT2D eigenvalue weighted by Crippen LogP contribution is 2.52. The van der Waals surface area contributed by atoms with Crippen molar-refractivity contribution >= 4 is 12.9 Å². The second-order valence-electron chi connectivity index (χ2n) is 16.7. The topological polar surface area (TPSA) is 63.2 Å². The van der Waals surface area contributed by atoms with Crippen LogP contribution in [0.5, 0.6) is 17.2 Å². The van der Waals surface area contributed by atoms with Gasteiger partial charge in [-0.2, -0.15) is 0 Å². The van der Waals surface area contributed by atoms with Crippen LogP contribution in [0.25, 0.3) is 0 Å². The molecular weight excluding hydrogens is 703 g/mol. The van der Waals surface area contributed by atoms with Gasteiger partial charge in [0.05, 0.1) is 37.3 Å². The maximum atomic E-state index is 14.4. The minimum atomic E-state index is -3.67. The summed E-state index contributed by atoms with van der Waals surface area (Å²) in [5.74, 6) is 1.79. The minimum absolute atomic E-state index is 0.274. The Hall–Kier alpha value is -1.23. The predicted octanol–water partition coefficient (Wildman–Crippen LogP) is 16.3. The van der Waals surface area contributed by atoms with Crippen LogP contribution in [0, 0.1) is 0 Å². The lowest BCUT2D eigenvalue weighted by molar-refractivity contribution is 0.150. The van der Waals surface area contributed by atoms with Gasteiger partial charge in [0, 0.05) is 0 Å². The summed E-state index contributed by atoms with van der Waals surface area (Å²) in [6, 6.07) is 3.67. The van der Waals surface area contributed by atoms with E-state index in [1.807, 2.05) is 39.8 Å². The Morgan fingerprint density at radius 3 is 0.927 bits per heavy atom. The summed E-state index contributed by atoms with van der Waals surface area (Å²) in [7, 11) is -3.67. The quantitative estimate of drug-likeness (QED) is 0.0486. The molecule has 0 aliphatic heterocycles. The lowest BCUT2D eigenvalue weighted by atomic mass is 10.1. The van der Waals surface area contributed by atoms with Gasteiger partial charge in [0.2, 0.25) is 5.75 Å². The number of hydrogen-bond acceptors (Lipinski definition) is 6. The fourth-order valence-corrected chi connectivity index (χ4v) is 9.04. The molecule has 0 atom stereocenters. The fourth-order valence-electron chi connectivity index (χ4n) is 7.09. The second kappa shape index (κ2) is 35.9. The molecule has 0 aromatic heterocycles. The highest BCUT2D eigenvalue weighted by Gasteiger charge is 2.33. The summed E-state index contributed by atoms with van der Waals surface area (Å²) in [4.78, 5) is 0. The van der Waals surface area contributed by atoms with Gasteiger partial charge < -0.3 is 23.3 Å². The summed E-state index contributed by atoms with van der Waals surface area (Å²) in [6.07, 6.45) is 37.6. The summed E-state index contributed by atoms with van der Waals surface area (Å²) < 4.78 is 46.1. The van der Waals surface area contributed by atoms with Gasteiger partial charge in [0.25, 0.3) is 0 Å². The zero-order valence-electron chi connectivity index (χ0n) is 37.5. The molecule has 1 aromatic carbocycles. The molecule has 0 aliphatic carbocycles. The lowest BCUT2D eigenvalue weighted by Gasteiger charge is -2.25. The molecule has 55 heavy (non-hydrogen) atoms. The first kappa shape index (κ1) is 51.8. The Bertz CT molecular complexity index is 982. The van der Waals surface area contributed by atoms with Crippen molar-refractivity contribution in [2.24, 2.45) is 0 Å². The molecule has 0 saturated heterocycles. The van der Waals surface area contributed by atoms with Gasteiger partial charge in [-0.15, -0.1) is 0 Å². The van der Waals surface area contributed by atoms with Crippen molar-refractivity contribution in [3.8, 4) is 17.2 Å². The van der Waals surface area contributed by atoms with E-state index in [4.69, 9.17) is 23.3 Å². The van der Waals surface area contributed by atoms with Gasteiger partial charge in [-0.25, -0.2) is 0 Å². The highest BCUT2D eigenvalue weighted by molar-refractivity contribution is 7.62. The number of unbranched alkanes of at least 4 members (excludes halogenated alkanes) is 27. The van der Waals surface area contributed by atoms with Crippen LogP contribution in [0.1, 0.15) is 241 Å². The molecule has 0 spiro atoms. The molecule has 0 amide bonds. The van der Waals surface area contributed by atoms with Crippen LogP contribution in [0.3, 0.4) is 0 Å². The molecule has 0 unspecified atom stereocenters. The highest BCUT2D eigenvalue weighted by atomic mass is 31.2. The fraction of sp³-hybridized carbons (Fsp3) is 0.875. The van der Waals surface area contributed by atoms with Gasteiger partial charge in [0.15, 0.2) is 11.5 Å². The molecule has 0 saturated carbocycles. The van der Waals surface area contributed by atoms with E-state index in [2.05, 4.69) is 20.8 Å². The van der Waals surface area contributed by atoms with E-state index in [9.17, 15) is 4.57 Å². The van der Waals surface area contributed by atoms with E-state index >= 15 is 0 Å². The Morgan fingerprint density at radius 1 is 0.400 bits per heavy atom. The van der Waals surface area contributed by atoms with Crippen LogP contribution >= 0.6 is 7.60 Å². The molecule has 0 bridgehead atoms. The monoisotopic (exact) mass is 795 g/mol. The first-order valence-corrected chi connectivity index (χ1v) is 25.3. The molecule has 0 radical (unpaired) electrons. The van der Waals surface area contributed by atoms with E-state index in [1.165, 1.54) is 154 Å². The van der Waals surface area contributed by atoms with E-state index in [1.54, 1.807) is 0 Å². The second-order valence-corrected chi connectivity index (χ2v) is 18.6. The smallest absolute Gasteiger partial charge is 0.362 e. The van der Waals surface area contributed by atoms with Crippen molar-refractivity contribution in [1.82, 2.24) is 0 Å². The largest absolute Gasteiger partial charge is 0.490 e. The predicted molar refractivity (Wildman–Crippen MR) is 238 cm³/mol. The van der Waals surface area contributed by atoms with Crippen molar-refractivity contribution in [3.63, 3.8) is 0 Å². The zero-order valence-corrected chi connectivity index (χ0v) is 38.4. The van der Waals surface area contributed by atoms with Gasteiger partial charge in [-0.05, 0) is 59.1 Å². The number of ether oxygens (including phenoxy) is 3. The Morgan fingerprint density at radius 2 is 0.655 bits per heavy atom. The van der Waals surface area contributed by atoms with E-state index in [0.29, 0.717) is 42.4 Å². The average molecular weight is 795 g/mol. The third-order valence-corrected chi connectivity index (χ3v) is 12.6. The molecule has 7 heteroatoms. The Kier molecular flexibility index (Phi) is 33.8. The third-order valence-electron chi connectivity index (χ3n) is 10.3. The van der Waals surface area contributed by atoms with Gasteiger partial charge in [0.1, 0.15) is 0 Å². The Labute approximate surface area is 342 Å². The number of rotatable bonds is 41. The summed E-state index contributed by atoms with van der Waals surface area (Å²) in [5, 5.41) is 0.470. The van der Waals surface area contributed by atoms with Crippen LogP contribution in [-0.4, -0.2) is 32.0 Å². The van der Waals surface area contributed by atoms with Gasteiger partial charge >= 0.3 is 7.60 Å². The van der Waals surface area contributed by atoms with Crippen LogP contribution in [0.15, 0.2) is 12.1 Å². The zero-order chi connectivity index (χ0) is 40.2. The van der Waals surface area contributed by atoms with Crippen LogP contribution in [-0.2, 0) is 13.6 Å². The molecule has 1 rings (SSSR count). The van der Waals surface area contributed by atoms with E-state index in [-0.39, 0.29) is 12.2 Å². The maximum Gasteiger partial charge on any atom is 0.362 e. The third kappa shape index (κ3) is 27.9. The molecule has 0 N–H and O–H groups in total. The number of benzene rings is 1. The van der Waals surface area contributed by atoms with Crippen LogP contribution < -0.4 is 19.5 Å². The van der Waals surface area contributed by atoms with Crippen LogP contribution in [0.4, 0.5) is 0 Å². The normalized spacial score (nSPS) is 11.9. The SMILES string of the molecule is CCCCCCCCCCCCOc1cc(P(=O)(OC(C)C)OC(C)C)cc(OCCCCCCCCCCCC)c1OCCCCCCCCCCCC. The van der Waals surface area contributed by atoms with Crippen molar-refractivity contribution < 1.29 is 27.8 Å². The molecule has 6 nitrogen and oxygen atoms in total. The molecular formula is C48H91O6P. The number of hydrogen-bond donors (Lipinski definition) is 0. The molecule has 324 valence electrons. The van der Waals surface area contributed by atoms with E-state index in [0.717, 1.165) is 38.5 Å². The van der Waals surface area contributed by atoms with Crippen molar-refractivity contribution in [1.29, 1.82) is 0 Å². The molecule has 1 aromatic rings. The van der Waals surface area contributed by atoms with Gasteiger partial charge in [-0.3, -0.25) is 4.57 Å². The van der Waals surface area contributed by atoms with Crippen molar-refractivity contribution in [3.05, 3.63) is 12.1 Å². The Balaban J connectivity index is 3.03. The summed E-state index contributed by atoms with van der Waals surface area (Å²) in [6.45, 7) is 16.2. The summed E-state index contributed by atoms with van der Waals surface area (Å²) >= 11 is 0. The van der Waals surface area contributed by atoms with Crippen LogP contribution in [0.2, 0.25) is 0 Å². The average Bonchev–Trinajstić information content (AvgIpc) is 3.14. The maximum absolute atomic E-state index is 14.4. The molecule has 0 heterocycles.